The number of sulfonamides is 1. The fourth-order valence-corrected chi connectivity index (χ4v) is 4.68. The van der Waals surface area contributed by atoms with Crippen molar-refractivity contribution in [3.8, 4) is 0 Å². The molecule has 1 aliphatic rings. The molecule has 0 aromatic heterocycles. The number of hydrogen-bond donors (Lipinski definition) is 2. The molecule has 0 unspecified atom stereocenters. The summed E-state index contributed by atoms with van der Waals surface area (Å²) in [6.45, 7) is 8.04. The van der Waals surface area contributed by atoms with E-state index >= 15 is 0 Å². The lowest BCUT2D eigenvalue weighted by Crippen LogP contribution is -2.51. The summed E-state index contributed by atoms with van der Waals surface area (Å²) >= 11 is 0. The molecule has 0 radical (unpaired) electrons. The maximum atomic E-state index is 12.8. The van der Waals surface area contributed by atoms with Crippen LogP contribution in [-0.4, -0.2) is 26.4 Å². The van der Waals surface area contributed by atoms with Gasteiger partial charge in [0.05, 0.1) is 4.90 Å². The van der Waals surface area contributed by atoms with Crippen molar-refractivity contribution in [1.82, 2.24) is 10.0 Å². The van der Waals surface area contributed by atoms with Gasteiger partial charge in [0.1, 0.15) is 6.04 Å². The fraction of sp³-hybridized carbons (Fsp3) is 0.650. The topological polar surface area (TPSA) is 75.3 Å². The van der Waals surface area contributed by atoms with Crippen LogP contribution in [0.5, 0.6) is 0 Å². The Kier molecular flexibility index (Phi) is 7.24. The number of hydrogen-bond acceptors (Lipinski definition) is 3. The average molecular weight is 381 g/mol. The number of aryl methyl sites for hydroxylation is 1. The molecule has 6 heteroatoms. The number of carbonyl (C=O) groups excluding carboxylic acids is 1. The van der Waals surface area contributed by atoms with Crippen molar-refractivity contribution in [2.24, 2.45) is 11.8 Å². The average Bonchev–Trinajstić information content (AvgIpc) is 2.56. The standard InChI is InChI=1S/C20H32N2O3S/c1-14(2)13-19(20(23)21-18-8-6-5-7-16(18)4)22-26(24,25)17-11-9-15(3)10-12-17/h9-12,14,16,18-19,22H,5-8,13H2,1-4H3,(H,21,23)/t16-,18+,19-/m0/s1. The van der Waals surface area contributed by atoms with Crippen LogP contribution in [0.1, 0.15) is 58.4 Å². The number of amides is 1. The van der Waals surface area contributed by atoms with Gasteiger partial charge < -0.3 is 5.32 Å². The molecule has 2 rings (SSSR count). The summed E-state index contributed by atoms with van der Waals surface area (Å²) in [5.41, 5.74) is 0.992. The van der Waals surface area contributed by atoms with Crippen molar-refractivity contribution in [2.45, 2.75) is 76.8 Å². The third-order valence-corrected chi connectivity index (χ3v) is 6.58. The maximum Gasteiger partial charge on any atom is 0.241 e. The Hall–Kier alpha value is -1.40. The fourth-order valence-electron chi connectivity index (χ4n) is 3.47. The van der Waals surface area contributed by atoms with E-state index in [1.54, 1.807) is 24.3 Å². The first-order valence-electron chi connectivity index (χ1n) is 9.58. The SMILES string of the molecule is Cc1ccc(S(=O)(=O)N[C@@H](CC(C)C)C(=O)N[C@@H]2CCCC[C@@H]2C)cc1. The molecule has 0 heterocycles. The van der Waals surface area contributed by atoms with Crippen molar-refractivity contribution in [2.75, 3.05) is 0 Å². The molecule has 1 amide bonds. The summed E-state index contributed by atoms with van der Waals surface area (Å²) in [5.74, 6) is 0.421. The molecule has 2 N–H and O–H groups in total. The molecule has 1 aliphatic carbocycles. The van der Waals surface area contributed by atoms with Crippen molar-refractivity contribution in [3.63, 3.8) is 0 Å². The van der Waals surface area contributed by atoms with Gasteiger partial charge >= 0.3 is 0 Å². The predicted octanol–water partition coefficient (Wildman–Crippen LogP) is 3.38. The van der Waals surface area contributed by atoms with Gasteiger partial charge in [-0.3, -0.25) is 4.79 Å². The van der Waals surface area contributed by atoms with Gasteiger partial charge in [0.25, 0.3) is 0 Å². The molecule has 1 aromatic rings. The van der Waals surface area contributed by atoms with Gasteiger partial charge in [-0.15, -0.1) is 0 Å². The molecular formula is C20H32N2O3S. The quantitative estimate of drug-likeness (QED) is 0.761. The van der Waals surface area contributed by atoms with Gasteiger partial charge in [-0.25, -0.2) is 8.42 Å². The second-order valence-corrected chi connectivity index (χ2v) is 9.71. The number of benzene rings is 1. The lowest BCUT2D eigenvalue weighted by atomic mass is 9.85. The van der Waals surface area contributed by atoms with E-state index in [1.807, 2.05) is 20.8 Å². The molecule has 0 bridgehead atoms. The highest BCUT2D eigenvalue weighted by Crippen LogP contribution is 2.24. The highest BCUT2D eigenvalue weighted by atomic mass is 32.2. The second-order valence-electron chi connectivity index (χ2n) is 7.99. The van der Waals surface area contributed by atoms with Crippen LogP contribution in [0.3, 0.4) is 0 Å². The third-order valence-electron chi connectivity index (χ3n) is 5.09. The molecule has 5 nitrogen and oxygen atoms in total. The predicted molar refractivity (Wildman–Crippen MR) is 104 cm³/mol. The summed E-state index contributed by atoms with van der Waals surface area (Å²) in [5, 5.41) is 3.09. The summed E-state index contributed by atoms with van der Waals surface area (Å²) < 4.78 is 28.0. The Labute approximate surface area is 158 Å². The molecule has 1 saturated carbocycles. The Morgan fingerprint density at radius 3 is 2.35 bits per heavy atom. The molecule has 3 atom stereocenters. The first-order chi connectivity index (χ1) is 12.2. The van der Waals surface area contributed by atoms with Crippen molar-refractivity contribution < 1.29 is 13.2 Å². The zero-order valence-electron chi connectivity index (χ0n) is 16.3. The number of carbonyl (C=O) groups is 1. The Morgan fingerprint density at radius 1 is 1.15 bits per heavy atom. The molecule has 146 valence electrons. The molecule has 1 fully saturated rings. The maximum absolute atomic E-state index is 12.8. The Morgan fingerprint density at radius 2 is 1.77 bits per heavy atom. The Balaban J connectivity index is 2.12. The Bertz CT molecular complexity index is 698. The smallest absolute Gasteiger partial charge is 0.241 e. The van der Waals surface area contributed by atoms with Gasteiger partial charge in [-0.2, -0.15) is 4.72 Å². The minimum absolute atomic E-state index is 0.134. The van der Waals surface area contributed by atoms with Crippen LogP contribution in [-0.2, 0) is 14.8 Å². The monoisotopic (exact) mass is 380 g/mol. The van der Waals surface area contributed by atoms with Crippen LogP contribution >= 0.6 is 0 Å². The first kappa shape index (κ1) is 20.9. The van der Waals surface area contributed by atoms with E-state index < -0.39 is 16.1 Å². The molecular weight excluding hydrogens is 348 g/mol. The van der Waals surface area contributed by atoms with E-state index in [0.717, 1.165) is 24.8 Å². The van der Waals surface area contributed by atoms with E-state index in [0.29, 0.717) is 12.3 Å². The third kappa shape index (κ3) is 5.81. The van der Waals surface area contributed by atoms with E-state index in [2.05, 4.69) is 17.0 Å². The number of nitrogens with one attached hydrogen (secondary N) is 2. The van der Waals surface area contributed by atoms with Gasteiger partial charge in [0.15, 0.2) is 0 Å². The van der Waals surface area contributed by atoms with Crippen molar-refractivity contribution >= 4 is 15.9 Å². The van der Waals surface area contributed by atoms with E-state index in [9.17, 15) is 13.2 Å². The normalized spacial score (nSPS) is 22.2. The van der Waals surface area contributed by atoms with Gasteiger partial charge in [-0.1, -0.05) is 51.3 Å². The highest BCUT2D eigenvalue weighted by Gasteiger charge is 2.30. The van der Waals surface area contributed by atoms with Crippen LogP contribution in [0.25, 0.3) is 0 Å². The van der Waals surface area contributed by atoms with Crippen LogP contribution in [0.15, 0.2) is 29.2 Å². The lowest BCUT2D eigenvalue weighted by molar-refractivity contribution is -0.124. The second kappa shape index (κ2) is 9.00. The molecule has 1 aromatic carbocycles. The zero-order valence-corrected chi connectivity index (χ0v) is 17.1. The van der Waals surface area contributed by atoms with Crippen LogP contribution in [0, 0.1) is 18.8 Å². The van der Waals surface area contributed by atoms with Crippen molar-refractivity contribution in [3.05, 3.63) is 29.8 Å². The largest absolute Gasteiger partial charge is 0.352 e. The molecule has 0 spiro atoms. The van der Waals surface area contributed by atoms with E-state index in [-0.39, 0.29) is 22.8 Å². The van der Waals surface area contributed by atoms with Crippen LogP contribution < -0.4 is 10.0 Å². The summed E-state index contributed by atoms with van der Waals surface area (Å²) in [6.07, 6.45) is 4.85. The highest BCUT2D eigenvalue weighted by molar-refractivity contribution is 7.89. The lowest BCUT2D eigenvalue weighted by Gasteiger charge is -2.31. The zero-order chi connectivity index (χ0) is 19.3. The first-order valence-corrected chi connectivity index (χ1v) is 11.1. The van der Waals surface area contributed by atoms with E-state index in [1.165, 1.54) is 6.42 Å². The van der Waals surface area contributed by atoms with Gasteiger partial charge in [-0.05, 0) is 50.2 Å². The summed E-state index contributed by atoms with van der Waals surface area (Å²) in [4.78, 5) is 13.0. The van der Waals surface area contributed by atoms with Gasteiger partial charge in [0.2, 0.25) is 15.9 Å². The summed E-state index contributed by atoms with van der Waals surface area (Å²) in [7, 11) is -3.73. The summed E-state index contributed by atoms with van der Waals surface area (Å²) in [6, 6.07) is 6.05. The van der Waals surface area contributed by atoms with Gasteiger partial charge in [0, 0.05) is 6.04 Å². The molecule has 26 heavy (non-hydrogen) atoms. The van der Waals surface area contributed by atoms with Crippen molar-refractivity contribution in [1.29, 1.82) is 0 Å². The van der Waals surface area contributed by atoms with Crippen LogP contribution in [0.2, 0.25) is 0 Å². The number of rotatable bonds is 7. The van der Waals surface area contributed by atoms with E-state index in [4.69, 9.17) is 0 Å². The minimum Gasteiger partial charge on any atom is -0.352 e. The minimum atomic E-state index is -3.73. The van der Waals surface area contributed by atoms with Crippen LogP contribution in [0.4, 0.5) is 0 Å². The molecule has 0 saturated heterocycles. The molecule has 0 aliphatic heterocycles.